The highest BCUT2D eigenvalue weighted by Crippen LogP contribution is 2.13. The molecule has 8 heteroatoms. The highest BCUT2D eigenvalue weighted by molar-refractivity contribution is 5.92. The fourth-order valence-corrected chi connectivity index (χ4v) is 1.90. The van der Waals surface area contributed by atoms with Gasteiger partial charge in [0.15, 0.2) is 6.33 Å². The molecule has 0 fully saturated rings. The van der Waals surface area contributed by atoms with Crippen LogP contribution in [0.25, 0.3) is 11.4 Å². The van der Waals surface area contributed by atoms with Crippen molar-refractivity contribution in [3.05, 3.63) is 66.0 Å². The van der Waals surface area contributed by atoms with Gasteiger partial charge >= 0.3 is 0 Å². The molecule has 0 spiro atoms. The lowest BCUT2D eigenvalue weighted by Crippen LogP contribution is -2.24. The maximum absolute atomic E-state index is 13.0. The van der Waals surface area contributed by atoms with Crippen molar-refractivity contribution in [2.45, 2.75) is 6.54 Å². The first-order valence-corrected chi connectivity index (χ1v) is 6.73. The number of pyridine rings is 1. The Bertz CT molecular complexity index is 810. The van der Waals surface area contributed by atoms with Crippen LogP contribution in [0.4, 0.5) is 4.39 Å². The molecule has 114 valence electrons. The fourth-order valence-electron chi connectivity index (χ4n) is 1.90. The molecule has 0 aliphatic rings. The summed E-state index contributed by atoms with van der Waals surface area (Å²) in [6, 6.07) is 11.3. The standard InChI is InChI=1S/C15H11FN6O/c16-13-3-1-2-12(20-13)15(23)17-8-10-4-6-11(7-5-10)14-21-18-9-19-22-14/h1-7,9H,8H2,(H,17,23)/i16-1. The zero-order chi connectivity index (χ0) is 16.1. The Hall–Kier alpha value is -3.29. The summed E-state index contributed by atoms with van der Waals surface area (Å²) in [7, 11) is 0. The highest BCUT2D eigenvalue weighted by Gasteiger charge is 2.08. The van der Waals surface area contributed by atoms with Gasteiger partial charge in [0, 0.05) is 12.1 Å². The molecule has 3 rings (SSSR count). The van der Waals surface area contributed by atoms with E-state index >= 15 is 0 Å². The van der Waals surface area contributed by atoms with Crippen molar-refractivity contribution in [3.63, 3.8) is 0 Å². The number of carbonyl (C=O) groups is 1. The number of amides is 1. The Morgan fingerprint density at radius 3 is 2.48 bits per heavy atom. The van der Waals surface area contributed by atoms with Crippen molar-refractivity contribution in [2.24, 2.45) is 0 Å². The minimum absolute atomic E-state index is 0.0384. The van der Waals surface area contributed by atoms with E-state index in [2.05, 4.69) is 30.7 Å². The number of nitrogens with one attached hydrogen (secondary N) is 1. The molecule has 0 radical (unpaired) electrons. The van der Waals surface area contributed by atoms with E-state index < -0.39 is 11.9 Å². The molecule has 0 saturated heterocycles. The van der Waals surface area contributed by atoms with Crippen LogP contribution in [0.5, 0.6) is 0 Å². The first kappa shape index (κ1) is 14.6. The number of benzene rings is 1. The third-order valence-electron chi connectivity index (χ3n) is 3.02. The van der Waals surface area contributed by atoms with Crippen molar-refractivity contribution in [2.75, 3.05) is 0 Å². The van der Waals surface area contributed by atoms with Crippen LogP contribution in [-0.2, 0) is 6.54 Å². The lowest BCUT2D eigenvalue weighted by Gasteiger charge is -2.05. The summed E-state index contributed by atoms with van der Waals surface area (Å²) in [5, 5.41) is 17.7. The van der Waals surface area contributed by atoms with E-state index in [1.54, 1.807) is 12.1 Å². The van der Waals surface area contributed by atoms with Crippen LogP contribution in [0.1, 0.15) is 16.1 Å². The van der Waals surface area contributed by atoms with Crippen molar-refractivity contribution in [1.82, 2.24) is 30.7 Å². The summed E-state index contributed by atoms with van der Waals surface area (Å²) in [4.78, 5) is 15.4. The second-order valence-electron chi connectivity index (χ2n) is 4.60. The molecular formula is C15H11FN6O. The third kappa shape index (κ3) is 3.67. The molecule has 0 saturated carbocycles. The van der Waals surface area contributed by atoms with Crippen molar-refractivity contribution >= 4 is 5.91 Å². The average Bonchev–Trinajstić information content (AvgIpc) is 2.61. The Morgan fingerprint density at radius 1 is 1.04 bits per heavy atom. The van der Waals surface area contributed by atoms with E-state index in [4.69, 9.17) is 0 Å². The second-order valence-corrected chi connectivity index (χ2v) is 4.60. The second kappa shape index (κ2) is 6.65. The Labute approximate surface area is 130 Å². The minimum Gasteiger partial charge on any atom is -0.347 e. The highest BCUT2D eigenvalue weighted by atomic mass is 18.2. The molecule has 2 heterocycles. The summed E-state index contributed by atoms with van der Waals surface area (Å²) in [5.74, 6) is -0.701. The topological polar surface area (TPSA) is 93.6 Å². The summed E-state index contributed by atoms with van der Waals surface area (Å²) < 4.78 is 13.0. The first-order valence-electron chi connectivity index (χ1n) is 6.73. The number of nitrogens with zero attached hydrogens (tertiary/aromatic N) is 5. The summed E-state index contributed by atoms with van der Waals surface area (Å²) in [6.07, 6.45) is 1.26. The van der Waals surface area contributed by atoms with E-state index in [-0.39, 0.29) is 5.69 Å². The minimum atomic E-state index is -0.688. The quantitative estimate of drug-likeness (QED) is 0.732. The summed E-state index contributed by atoms with van der Waals surface area (Å²) >= 11 is 0. The van der Waals surface area contributed by atoms with E-state index in [1.165, 1.54) is 24.5 Å². The predicted octanol–water partition coefficient (Wildman–Crippen LogP) is 1.40. The number of carbonyl (C=O) groups excluding carboxylic acids is 1. The van der Waals surface area contributed by atoms with Crippen LogP contribution in [0, 0.1) is 5.95 Å². The van der Waals surface area contributed by atoms with Gasteiger partial charge in [-0.25, -0.2) is 4.98 Å². The molecule has 7 nitrogen and oxygen atoms in total. The molecule has 0 atom stereocenters. The van der Waals surface area contributed by atoms with Gasteiger partial charge in [0.2, 0.25) is 11.8 Å². The molecule has 1 amide bonds. The first-order chi connectivity index (χ1) is 11.2. The number of rotatable bonds is 4. The maximum atomic E-state index is 13.0. The SMILES string of the molecule is O=C(NCc1ccc(-c2nncnn2)cc1)c1cccc([18F])n1. The molecule has 23 heavy (non-hydrogen) atoms. The maximum Gasteiger partial charge on any atom is 0.270 e. The van der Waals surface area contributed by atoms with Crippen LogP contribution in [0.15, 0.2) is 48.8 Å². The van der Waals surface area contributed by atoms with Gasteiger partial charge in [0.25, 0.3) is 5.91 Å². The lowest BCUT2D eigenvalue weighted by molar-refractivity contribution is 0.0944. The van der Waals surface area contributed by atoms with Crippen LogP contribution >= 0.6 is 0 Å². The molecule has 0 unspecified atom stereocenters. The normalized spacial score (nSPS) is 10.3. The average molecular weight is 309 g/mol. The van der Waals surface area contributed by atoms with Gasteiger partial charge in [-0.05, 0) is 17.7 Å². The van der Waals surface area contributed by atoms with Crippen LogP contribution in [0.2, 0.25) is 0 Å². The predicted molar refractivity (Wildman–Crippen MR) is 78.4 cm³/mol. The fraction of sp³-hybridized carbons (Fsp3) is 0.0667. The van der Waals surface area contributed by atoms with Gasteiger partial charge in [-0.3, -0.25) is 4.79 Å². The van der Waals surface area contributed by atoms with Gasteiger partial charge in [-0.2, -0.15) is 4.39 Å². The molecule has 1 N–H and O–H groups in total. The lowest BCUT2D eigenvalue weighted by atomic mass is 10.1. The third-order valence-corrected chi connectivity index (χ3v) is 3.02. The van der Waals surface area contributed by atoms with Crippen LogP contribution in [-0.4, -0.2) is 31.3 Å². The van der Waals surface area contributed by atoms with Gasteiger partial charge in [-0.15, -0.1) is 20.4 Å². The number of halogens is 1. The molecule has 1 aromatic carbocycles. The smallest absolute Gasteiger partial charge is 0.270 e. The van der Waals surface area contributed by atoms with Crippen molar-refractivity contribution < 1.29 is 9.18 Å². The number of aromatic nitrogens is 5. The molecule has 2 aromatic heterocycles. The molecule has 0 bridgehead atoms. The van der Waals surface area contributed by atoms with Crippen molar-refractivity contribution in [3.8, 4) is 11.4 Å². The molecular weight excluding hydrogens is 298 g/mol. The number of hydrogen-bond acceptors (Lipinski definition) is 6. The molecule has 0 aliphatic carbocycles. The van der Waals surface area contributed by atoms with E-state index in [0.717, 1.165) is 11.1 Å². The van der Waals surface area contributed by atoms with E-state index in [1.807, 2.05) is 12.1 Å². The van der Waals surface area contributed by atoms with Gasteiger partial charge in [0.1, 0.15) is 5.69 Å². The Morgan fingerprint density at radius 2 is 1.78 bits per heavy atom. The number of hydrogen-bond donors (Lipinski definition) is 1. The molecule has 0 aliphatic heterocycles. The Kier molecular flexibility index (Phi) is 4.23. The summed E-state index contributed by atoms with van der Waals surface area (Å²) in [5.41, 5.74) is 1.68. The summed E-state index contributed by atoms with van der Waals surface area (Å²) in [6.45, 7) is 0.295. The monoisotopic (exact) mass is 309 g/mol. The molecule has 3 aromatic rings. The van der Waals surface area contributed by atoms with Gasteiger partial charge in [-0.1, -0.05) is 30.3 Å². The largest absolute Gasteiger partial charge is 0.347 e. The zero-order valence-corrected chi connectivity index (χ0v) is 11.8. The van der Waals surface area contributed by atoms with Crippen LogP contribution < -0.4 is 5.32 Å². The zero-order valence-electron chi connectivity index (χ0n) is 11.8. The Balaban J connectivity index is 1.64. The van der Waals surface area contributed by atoms with Crippen molar-refractivity contribution in [1.29, 1.82) is 0 Å². The van der Waals surface area contributed by atoms with Crippen LogP contribution in [0.3, 0.4) is 0 Å². The van der Waals surface area contributed by atoms with E-state index in [0.29, 0.717) is 12.4 Å². The van der Waals surface area contributed by atoms with E-state index in [9.17, 15) is 9.18 Å². The van der Waals surface area contributed by atoms with Gasteiger partial charge < -0.3 is 5.32 Å². The van der Waals surface area contributed by atoms with Gasteiger partial charge in [0.05, 0.1) is 0 Å².